The van der Waals surface area contributed by atoms with Gasteiger partial charge in [0, 0.05) is 44.5 Å². The highest BCUT2D eigenvalue weighted by Crippen LogP contribution is 2.49. The molecule has 2 heterocycles. The van der Waals surface area contributed by atoms with Crippen LogP contribution in [0.25, 0.3) is 145 Å². The fourth-order valence-corrected chi connectivity index (χ4v) is 11.5. The molecule has 0 aliphatic carbocycles. The van der Waals surface area contributed by atoms with Gasteiger partial charge in [-0.25, -0.2) is 15.0 Å². The van der Waals surface area contributed by atoms with Gasteiger partial charge in [-0.05, 0) is 121 Å². The van der Waals surface area contributed by atoms with E-state index in [1.54, 1.807) is 0 Å². The molecule has 84 heavy (non-hydrogen) atoms. The van der Waals surface area contributed by atoms with Crippen LogP contribution in [0.2, 0.25) is 0 Å². The van der Waals surface area contributed by atoms with Crippen molar-refractivity contribution in [1.29, 1.82) is 0 Å². The quantitative estimate of drug-likeness (QED) is 0.115. The molecule has 0 unspecified atom stereocenters. The standard InChI is InChI=1S/C81H55N3/c1-9-26-56(27-10-1)68-49-69(57-28-11-2-12-29-57)52-72(51-68)74-55-75(73-53-70(58-30-13-3-14-31-58)50-71(54-73)59-32-15-4-16-33-59)83-81(82-74)65-46-44-60(45-47-65)66-42-25-43-67(48-66)76-77(61-34-17-5-18-35-61)79(63-38-21-7-22-39-63)84-80(64-40-23-8-24-41-64)78(76)62-36-19-6-20-37-62/h1-55H. The van der Waals surface area contributed by atoms with Crippen LogP contribution in [0, 0.1) is 0 Å². The van der Waals surface area contributed by atoms with E-state index >= 15 is 0 Å². The Morgan fingerprint density at radius 2 is 0.405 bits per heavy atom. The van der Waals surface area contributed by atoms with Gasteiger partial charge in [-0.15, -0.1) is 0 Å². The van der Waals surface area contributed by atoms with Gasteiger partial charge in [-0.1, -0.05) is 285 Å². The Bertz CT molecular complexity index is 4210. The number of hydrogen-bond donors (Lipinski definition) is 0. The first-order valence-electron chi connectivity index (χ1n) is 28.6. The first kappa shape index (κ1) is 51.0. The Kier molecular flexibility index (Phi) is 14.1. The molecule has 0 spiro atoms. The van der Waals surface area contributed by atoms with E-state index in [0.717, 1.165) is 140 Å². The summed E-state index contributed by atoms with van der Waals surface area (Å²) in [5.74, 6) is 0.638. The van der Waals surface area contributed by atoms with Crippen molar-refractivity contribution in [2.45, 2.75) is 0 Å². The first-order chi connectivity index (χ1) is 41.6. The molecule has 0 atom stereocenters. The molecule has 0 aliphatic rings. The third kappa shape index (κ3) is 10.6. The number of hydrogen-bond acceptors (Lipinski definition) is 3. The van der Waals surface area contributed by atoms with E-state index in [0.29, 0.717) is 5.82 Å². The molecule has 0 bridgehead atoms. The average Bonchev–Trinajstić information content (AvgIpc) is 3.47. The third-order valence-corrected chi connectivity index (χ3v) is 15.7. The molecular weight excluding hydrogens is 1010 g/mol. The molecule has 0 N–H and O–H groups in total. The summed E-state index contributed by atoms with van der Waals surface area (Å²) in [6, 6.07) is 119. The molecule has 14 rings (SSSR count). The molecule has 12 aromatic carbocycles. The maximum atomic E-state index is 5.68. The zero-order chi connectivity index (χ0) is 56.0. The molecule has 3 heteroatoms. The average molecular weight is 1070 g/mol. The van der Waals surface area contributed by atoms with Crippen LogP contribution in [-0.2, 0) is 0 Å². The fraction of sp³-hybridized carbons (Fsp3) is 0. The molecule has 14 aromatic rings. The predicted molar refractivity (Wildman–Crippen MR) is 350 cm³/mol. The summed E-state index contributed by atoms with van der Waals surface area (Å²) in [4.78, 5) is 16.7. The Morgan fingerprint density at radius 3 is 0.762 bits per heavy atom. The van der Waals surface area contributed by atoms with Crippen LogP contribution in [0.4, 0.5) is 0 Å². The largest absolute Gasteiger partial charge is 0.246 e. The summed E-state index contributed by atoms with van der Waals surface area (Å²) in [6.07, 6.45) is 0. The predicted octanol–water partition coefficient (Wildman–Crippen LogP) is 21.5. The summed E-state index contributed by atoms with van der Waals surface area (Å²) < 4.78 is 0. The zero-order valence-electron chi connectivity index (χ0n) is 46.1. The van der Waals surface area contributed by atoms with Crippen molar-refractivity contribution in [3.05, 3.63) is 334 Å². The van der Waals surface area contributed by atoms with Crippen molar-refractivity contribution < 1.29 is 0 Å². The second kappa shape index (κ2) is 23.2. The lowest BCUT2D eigenvalue weighted by molar-refractivity contribution is 1.18. The lowest BCUT2D eigenvalue weighted by Gasteiger charge is -2.23. The summed E-state index contributed by atoms with van der Waals surface area (Å²) >= 11 is 0. The molecule has 0 aliphatic heterocycles. The van der Waals surface area contributed by atoms with Crippen LogP contribution < -0.4 is 0 Å². The van der Waals surface area contributed by atoms with E-state index < -0.39 is 0 Å². The van der Waals surface area contributed by atoms with Gasteiger partial charge >= 0.3 is 0 Å². The minimum absolute atomic E-state index is 0.638. The van der Waals surface area contributed by atoms with E-state index in [1.165, 1.54) is 0 Å². The van der Waals surface area contributed by atoms with E-state index in [4.69, 9.17) is 15.0 Å². The van der Waals surface area contributed by atoms with Crippen LogP contribution in [0.3, 0.4) is 0 Å². The van der Waals surface area contributed by atoms with E-state index in [2.05, 4.69) is 334 Å². The van der Waals surface area contributed by atoms with Gasteiger partial charge in [0.05, 0.1) is 22.8 Å². The lowest BCUT2D eigenvalue weighted by Crippen LogP contribution is -2.01. The van der Waals surface area contributed by atoms with E-state index in [1.807, 2.05) is 0 Å². The summed E-state index contributed by atoms with van der Waals surface area (Å²) in [5, 5.41) is 0. The molecule has 3 nitrogen and oxygen atoms in total. The van der Waals surface area contributed by atoms with Gasteiger partial charge in [-0.3, -0.25) is 0 Å². The molecule has 2 aromatic heterocycles. The molecule has 394 valence electrons. The maximum absolute atomic E-state index is 5.68. The molecule has 0 saturated heterocycles. The van der Waals surface area contributed by atoms with E-state index in [-0.39, 0.29) is 0 Å². The van der Waals surface area contributed by atoms with Crippen LogP contribution in [0.15, 0.2) is 334 Å². The minimum Gasteiger partial charge on any atom is -0.246 e. The summed E-state index contributed by atoms with van der Waals surface area (Å²) in [7, 11) is 0. The maximum Gasteiger partial charge on any atom is 0.160 e. The van der Waals surface area contributed by atoms with Gasteiger partial charge in [0.2, 0.25) is 0 Å². The number of pyridine rings is 1. The number of benzene rings is 12. The Labute approximate surface area is 491 Å². The van der Waals surface area contributed by atoms with Crippen LogP contribution >= 0.6 is 0 Å². The van der Waals surface area contributed by atoms with Crippen LogP contribution in [-0.4, -0.2) is 15.0 Å². The van der Waals surface area contributed by atoms with Gasteiger partial charge in [0.1, 0.15) is 0 Å². The van der Waals surface area contributed by atoms with Gasteiger partial charge < -0.3 is 0 Å². The second-order valence-electron chi connectivity index (χ2n) is 21.1. The van der Waals surface area contributed by atoms with Gasteiger partial charge in [-0.2, -0.15) is 0 Å². The normalized spacial score (nSPS) is 11.1. The monoisotopic (exact) mass is 1070 g/mol. The molecule has 0 fully saturated rings. The molecule has 0 radical (unpaired) electrons. The first-order valence-corrected chi connectivity index (χ1v) is 28.6. The van der Waals surface area contributed by atoms with Gasteiger partial charge in [0.25, 0.3) is 0 Å². The Balaban J connectivity index is 0.944. The highest BCUT2D eigenvalue weighted by atomic mass is 14.9. The lowest BCUT2D eigenvalue weighted by atomic mass is 9.82. The second-order valence-corrected chi connectivity index (χ2v) is 21.1. The van der Waals surface area contributed by atoms with Crippen molar-refractivity contribution in [1.82, 2.24) is 15.0 Å². The van der Waals surface area contributed by atoms with Crippen LogP contribution in [0.1, 0.15) is 0 Å². The van der Waals surface area contributed by atoms with E-state index in [9.17, 15) is 0 Å². The van der Waals surface area contributed by atoms with Crippen molar-refractivity contribution in [3.63, 3.8) is 0 Å². The topological polar surface area (TPSA) is 38.7 Å². The zero-order valence-corrected chi connectivity index (χ0v) is 46.1. The third-order valence-electron chi connectivity index (χ3n) is 15.7. The van der Waals surface area contributed by atoms with Crippen molar-refractivity contribution in [2.24, 2.45) is 0 Å². The van der Waals surface area contributed by atoms with Crippen molar-refractivity contribution in [3.8, 4) is 145 Å². The highest BCUT2D eigenvalue weighted by molar-refractivity contribution is 6.05. The van der Waals surface area contributed by atoms with Gasteiger partial charge in [0.15, 0.2) is 5.82 Å². The molecule has 0 saturated carbocycles. The fourth-order valence-electron chi connectivity index (χ4n) is 11.5. The van der Waals surface area contributed by atoms with Crippen LogP contribution in [0.5, 0.6) is 0 Å². The minimum atomic E-state index is 0.638. The number of rotatable bonds is 13. The molecule has 0 amide bonds. The SMILES string of the molecule is c1ccc(-c2cc(-c3ccccc3)cc(-c3cc(-c4cc(-c5ccccc5)cc(-c5ccccc5)c4)nc(-c4ccc(-c5cccc(-c6c(-c7ccccc7)c(-c7ccccc7)nc(-c7ccccc7)c6-c6ccccc6)c5)cc4)n3)c2)cc1. The number of nitrogens with zero attached hydrogens (tertiary/aromatic N) is 3. The van der Waals surface area contributed by atoms with Crippen molar-refractivity contribution >= 4 is 0 Å². The number of aromatic nitrogens is 3. The van der Waals surface area contributed by atoms with Crippen molar-refractivity contribution in [2.75, 3.05) is 0 Å². The smallest absolute Gasteiger partial charge is 0.160 e. The Morgan fingerprint density at radius 1 is 0.143 bits per heavy atom. The Hall–Kier alpha value is -11.1. The molecular formula is C81H55N3. The highest BCUT2D eigenvalue weighted by Gasteiger charge is 2.26. The summed E-state index contributed by atoms with van der Waals surface area (Å²) in [5.41, 5.74) is 26.3. The summed E-state index contributed by atoms with van der Waals surface area (Å²) in [6.45, 7) is 0.